The van der Waals surface area contributed by atoms with Gasteiger partial charge in [-0.05, 0) is 5.56 Å². The number of rotatable bonds is 5. The molecule has 1 saturated heterocycles. The van der Waals surface area contributed by atoms with Crippen molar-refractivity contribution in [2.24, 2.45) is 0 Å². The average Bonchev–Trinajstić information content (AvgIpc) is 2.98. The normalized spacial score (nSPS) is 16.0. The highest BCUT2D eigenvalue weighted by Gasteiger charge is 2.15. The number of ether oxygens (including phenoxy) is 1. The van der Waals surface area contributed by atoms with E-state index >= 15 is 0 Å². The summed E-state index contributed by atoms with van der Waals surface area (Å²) in [6.45, 7) is 5.21. The summed E-state index contributed by atoms with van der Waals surface area (Å²) in [5.41, 5.74) is 1.26. The molecule has 1 aliphatic rings. The van der Waals surface area contributed by atoms with Crippen LogP contribution in [0.3, 0.4) is 0 Å². The third-order valence-electron chi connectivity index (χ3n) is 2.20. The highest BCUT2D eigenvalue weighted by atomic mass is 16.5. The number of benzene rings is 1. The van der Waals surface area contributed by atoms with Crippen LogP contribution in [0.25, 0.3) is 0 Å². The van der Waals surface area contributed by atoms with Crippen LogP contribution in [0.2, 0.25) is 0 Å². The van der Waals surface area contributed by atoms with Crippen molar-refractivity contribution in [2.75, 3.05) is 26.2 Å². The quantitative estimate of drug-likeness (QED) is 0.499. The molecule has 13 heavy (non-hydrogen) atoms. The van der Waals surface area contributed by atoms with Gasteiger partial charge in [-0.2, -0.15) is 0 Å². The summed E-state index contributed by atoms with van der Waals surface area (Å²) in [5, 5.41) is 0. The van der Waals surface area contributed by atoms with Gasteiger partial charge in [0.1, 0.15) is 0 Å². The highest BCUT2D eigenvalue weighted by Crippen LogP contribution is 2.03. The first kappa shape index (κ1) is 8.73. The van der Waals surface area contributed by atoms with Crippen molar-refractivity contribution in [1.29, 1.82) is 0 Å². The van der Waals surface area contributed by atoms with E-state index in [9.17, 15) is 0 Å². The van der Waals surface area contributed by atoms with E-state index in [2.05, 4.69) is 17.0 Å². The molecule has 0 bridgehead atoms. The Morgan fingerprint density at radius 1 is 1.15 bits per heavy atom. The molecular formula is C11H15NO. The molecule has 1 aromatic carbocycles. The van der Waals surface area contributed by atoms with E-state index < -0.39 is 0 Å². The summed E-state index contributed by atoms with van der Waals surface area (Å²) in [6, 6.07) is 10.3. The molecule has 0 N–H and O–H groups in total. The molecule has 2 heteroatoms. The molecule has 1 aromatic rings. The molecule has 0 spiro atoms. The molecule has 2 nitrogen and oxygen atoms in total. The van der Waals surface area contributed by atoms with E-state index in [0.29, 0.717) is 0 Å². The van der Waals surface area contributed by atoms with Gasteiger partial charge in [0.2, 0.25) is 0 Å². The topological polar surface area (TPSA) is 12.2 Å². The number of hydrogen-bond donors (Lipinski definition) is 0. The summed E-state index contributed by atoms with van der Waals surface area (Å²) < 4.78 is 5.53. The monoisotopic (exact) mass is 177 g/mol. The van der Waals surface area contributed by atoms with Gasteiger partial charge in [-0.3, -0.25) is 4.90 Å². The smallest absolute Gasteiger partial charge is 0.0717 e. The van der Waals surface area contributed by atoms with Crippen LogP contribution in [0.4, 0.5) is 0 Å². The Labute approximate surface area is 79.1 Å². The van der Waals surface area contributed by atoms with Crippen molar-refractivity contribution in [3.63, 3.8) is 0 Å². The second kappa shape index (κ2) is 4.40. The Balaban J connectivity index is 1.61. The van der Waals surface area contributed by atoms with Crippen LogP contribution in [-0.2, 0) is 11.3 Å². The predicted octanol–water partition coefficient (Wildman–Crippen LogP) is 1.52. The lowest BCUT2D eigenvalue weighted by molar-refractivity contribution is 0.114. The van der Waals surface area contributed by atoms with E-state index in [1.54, 1.807) is 0 Å². The van der Waals surface area contributed by atoms with Crippen LogP contribution in [-0.4, -0.2) is 31.1 Å². The van der Waals surface area contributed by atoms with Gasteiger partial charge in [-0.1, -0.05) is 30.3 Å². The van der Waals surface area contributed by atoms with E-state index in [4.69, 9.17) is 4.74 Å². The van der Waals surface area contributed by atoms with Crippen LogP contribution >= 0.6 is 0 Å². The Morgan fingerprint density at radius 3 is 2.62 bits per heavy atom. The summed E-state index contributed by atoms with van der Waals surface area (Å²) in [7, 11) is 0. The second-order valence-corrected chi connectivity index (χ2v) is 3.38. The van der Waals surface area contributed by atoms with Crippen molar-refractivity contribution in [1.82, 2.24) is 4.90 Å². The maximum absolute atomic E-state index is 5.53. The summed E-state index contributed by atoms with van der Waals surface area (Å²) >= 11 is 0. The molecular weight excluding hydrogens is 162 g/mol. The molecule has 0 radical (unpaired) electrons. The first-order valence-electron chi connectivity index (χ1n) is 4.79. The van der Waals surface area contributed by atoms with Crippen molar-refractivity contribution in [3.8, 4) is 0 Å². The third kappa shape index (κ3) is 3.17. The van der Waals surface area contributed by atoms with Crippen LogP contribution in [0.1, 0.15) is 5.56 Å². The molecule has 1 fully saturated rings. The van der Waals surface area contributed by atoms with Crippen molar-refractivity contribution in [3.05, 3.63) is 35.9 Å². The minimum Gasteiger partial charge on any atom is -0.375 e. The maximum Gasteiger partial charge on any atom is 0.0717 e. The standard InChI is InChI=1S/C11H15NO/c1-2-4-11(5-3-1)10-13-9-8-12-6-7-12/h1-5H,6-10H2. The van der Waals surface area contributed by atoms with E-state index in [1.165, 1.54) is 18.7 Å². The van der Waals surface area contributed by atoms with E-state index in [-0.39, 0.29) is 0 Å². The fourth-order valence-corrected chi connectivity index (χ4v) is 1.25. The molecule has 70 valence electrons. The number of nitrogens with zero attached hydrogens (tertiary/aromatic N) is 1. The first-order chi connectivity index (χ1) is 6.45. The van der Waals surface area contributed by atoms with Crippen LogP contribution in [0.5, 0.6) is 0 Å². The zero-order chi connectivity index (χ0) is 8.93. The SMILES string of the molecule is c1ccc(COCCN2CC2)cc1. The predicted molar refractivity (Wildman–Crippen MR) is 52.5 cm³/mol. The molecule has 1 aliphatic heterocycles. The van der Waals surface area contributed by atoms with Gasteiger partial charge in [0.25, 0.3) is 0 Å². The van der Waals surface area contributed by atoms with Gasteiger partial charge < -0.3 is 4.74 Å². The largest absolute Gasteiger partial charge is 0.375 e. The third-order valence-corrected chi connectivity index (χ3v) is 2.20. The van der Waals surface area contributed by atoms with Crippen molar-refractivity contribution < 1.29 is 4.74 Å². The Kier molecular flexibility index (Phi) is 2.95. The Morgan fingerprint density at radius 2 is 1.92 bits per heavy atom. The van der Waals surface area contributed by atoms with Gasteiger partial charge in [0.15, 0.2) is 0 Å². The lowest BCUT2D eigenvalue weighted by Crippen LogP contribution is -2.07. The molecule has 0 aliphatic carbocycles. The summed E-state index contributed by atoms with van der Waals surface area (Å²) in [6.07, 6.45) is 0. The molecule has 2 rings (SSSR count). The molecule has 0 aromatic heterocycles. The van der Waals surface area contributed by atoms with Crippen LogP contribution in [0, 0.1) is 0 Å². The van der Waals surface area contributed by atoms with Gasteiger partial charge in [0.05, 0.1) is 13.2 Å². The van der Waals surface area contributed by atoms with Crippen molar-refractivity contribution >= 4 is 0 Å². The van der Waals surface area contributed by atoms with Crippen LogP contribution < -0.4 is 0 Å². The number of hydrogen-bond acceptors (Lipinski definition) is 2. The van der Waals surface area contributed by atoms with Gasteiger partial charge in [0, 0.05) is 19.6 Å². The average molecular weight is 177 g/mol. The lowest BCUT2D eigenvalue weighted by Gasteiger charge is -2.03. The maximum atomic E-state index is 5.53. The Bertz CT molecular complexity index is 244. The highest BCUT2D eigenvalue weighted by molar-refractivity contribution is 5.13. The van der Waals surface area contributed by atoms with Gasteiger partial charge in [-0.15, -0.1) is 0 Å². The zero-order valence-corrected chi connectivity index (χ0v) is 7.78. The molecule has 0 amide bonds. The lowest BCUT2D eigenvalue weighted by atomic mass is 10.2. The first-order valence-corrected chi connectivity index (χ1v) is 4.79. The summed E-state index contributed by atoms with van der Waals surface area (Å²) in [4.78, 5) is 2.37. The molecule has 0 unspecified atom stereocenters. The molecule has 0 saturated carbocycles. The van der Waals surface area contributed by atoms with Gasteiger partial charge in [-0.25, -0.2) is 0 Å². The van der Waals surface area contributed by atoms with Gasteiger partial charge >= 0.3 is 0 Å². The second-order valence-electron chi connectivity index (χ2n) is 3.38. The fraction of sp³-hybridized carbons (Fsp3) is 0.455. The molecule has 0 atom stereocenters. The van der Waals surface area contributed by atoms with E-state index in [0.717, 1.165) is 19.8 Å². The Hall–Kier alpha value is -0.860. The fourth-order valence-electron chi connectivity index (χ4n) is 1.25. The molecule has 1 heterocycles. The van der Waals surface area contributed by atoms with Crippen LogP contribution in [0.15, 0.2) is 30.3 Å². The summed E-state index contributed by atoms with van der Waals surface area (Å²) in [5.74, 6) is 0. The minimum atomic E-state index is 0.745. The van der Waals surface area contributed by atoms with E-state index in [1.807, 2.05) is 18.2 Å². The minimum absolute atomic E-state index is 0.745. The van der Waals surface area contributed by atoms with Crippen molar-refractivity contribution in [2.45, 2.75) is 6.61 Å². The zero-order valence-electron chi connectivity index (χ0n) is 7.78.